The van der Waals surface area contributed by atoms with E-state index < -0.39 is 0 Å². The summed E-state index contributed by atoms with van der Waals surface area (Å²) >= 11 is 0. The van der Waals surface area contributed by atoms with Gasteiger partial charge in [-0.15, -0.1) is 0 Å². The Morgan fingerprint density at radius 2 is 2.00 bits per heavy atom. The van der Waals surface area contributed by atoms with Crippen LogP contribution < -0.4 is 4.74 Å². The van der Waals surface area contributed by atoms with E-state index in [1.807, 2.05) is 19.9 Å². The second kappa shape index (κ2) is 6.47. The lowest BCUT2D eigenvalue weighted by Crippen LogP contribution is -2.13. The van der Waals surface area contributed by atoms with Crippen LogP contribution in [0.25, 0.3) is 0 Å². The van der Waals surface area contributed by atoms with E-state index in [1.54, 1.807) is 20.3 Å². The maximum absolute atomic E-state index is 9.76. The number of rotatable bonds is 6. The molecule has 1 rings (SSSR count). The summed E-state index contributed by atoms with van der Waals surface area (Å²) in [5.41, 5.74) is 1.73. The molecular weight excluding hydrogens is 220 g/mol. The van der Waals surface area contributed by atoms with Crippen LogP contribution in [0, 0.1) is 6.92 Å². The Morgan fingerprint density at radius 1 is 1.29 bits per heavy atom. The summed E-state index contributed by atoms with van der Waals surface area (Å²) in [6.07, 6.45) is 0.731. The quantitative estimate of drug-likeness (QED) is 0.775. The van der Waals surface area contributed by atoms with Crippen LogP contribution in [0.1, 0.15) is 18.1 Å². The standard InChI is InChI=1S/C13H20O4/c1-9(17-8-15-3)5-11-6-12(14)10(2)13(7-11)16-4/h6-7,9,14H,5,8H2,1-4H3. The Bertz CT molecular complexity index is 363. The highest BCUT2D eigenvalue weighted by atomic mass is 16.7. The van der Waals surface area contributed by atoms with Crippen molar-refractivity contribution in [1.29, 1.82) is 0 Å². The highest BCUT2D eigenvalue weighted by Gasteiger charge is 2.10. The third-order valence-corrected chi connectivity index (χ3v) is 2.61. The first-order chi connectivity index (χ1) is 8.08. The molecule has 4 heteroatoms. The van der Waals surface area contributed by atoms with Crippen molar-refractivity contribution in [2.75, 3.05) is 21.0 Å². The maximum Gasteiger partial charge on any atom is 0.146 e. The molecule has 0 amide bonds. The smallest absolute Gasteiger partial charge is 0.146 e. The molecule has 0 bridgehead atoms. The molecule has 0 spiro atoms. The Hall–Kier alpha value is -1.26. The zero-order valence-corrected chi connectivity index (χ0v) is 10.8. The van der Waals surface area contributed by atoms with Crippen LogP contribution >= 0.6 is 0 Å². The average molecular weight is 240 g/mol. The van der Waals surface area contributed by atoms with Crippen LogP contribution in [0.5, 0.6) is 11.5 Å². The first-order valence-electron chi connectivity index (χ1n) is 5.55. The Labute approximate surface area is 102 Å². The van der Waals surface area contributed by atoms with E-state index in [-0.39, 0.29) is 18.6 Å². The van der Waals surface area contributed by atoms with Gasteiger partial charge in [-0.05, 0) is 38.0 Å². The van der Waals surface area contributed by atoms with E-state index >= 15 is 0 Å². The number of phenols is 1. The van der Waals surface area contributed by atoms with Crippen molar-refractivity contribution >= 4 is 0 Å². The summed E-state index contributed by atoms with van der Waals surface area (Å²) in [4.78, 5) is 0. The van der Waals surface area contributed by atoms with Crippen LogP contribution in [-0.2, 0) is 15.9 Å². The first kappa shape index (κ1) is 13.8. The van der Waals surface area contributed by atoms with Gasteiger partial charge in [0.1, 0.15) is 18.3 Å². The minimum Gasteiger partial charge on any atom is -0.508 e. The second-order valence-corrected chi connectivity index (χ2v) is 4.03. The van der Waals surface area contributed by atoms with E-state index in [0.717, 1.165) is 11.1 Å². The van der Waals surface area contributed by atoms with E-state index in [0.29, 0.717) is 12.2 Å². The number of hydrogen-bond donors (Lipinski definition) is 1. The minimum absolute atomic E-state index is 0.0294. The van der Waals surface area contributed by atoms with Crippen LogP contribution in [0.15, 0.2) is 12.1 Å². The van der Waals surface area contributed by atoms with Gasteiger partial charge in [0.15, 0.2) is 0 Å². The molecule has 96 valence electrons. The summed E-state index contributed by atoms with van der Waals surface area (Å²) < 4.78 is 15.4. The van der Waals surface area contributed by atoms with E-state index in [9.17, 15) is 5.11 Å². The predicted octanol–water partition coefficient (Wildman–Crippen LogP) is 2.26. The summed E-state index contributed by atoms with van der Waals surface area (Å²) in [5.74, 6) is 0.942. The van der Waals surface area contributed by atoms with Crippen LogP contribution in [-0.4, -0.2) is 32.2 Å². The highest BCUT2D eigenvalue weighted by Crippen LogP contribution is 2.29. The molecule has 0 aliphatic rings. The van der Waals surface area contributed by atoms with Gasteiger partial charge in [0.05, 0.1) is 13.2 Å². The van der Waals surface area contributed by atoms with Crippen molar-refractivity contribution < 1.29 is 19.3 Å². The summed E-state index contributed by atoms with van der Waals surface area (Å²) in [5, 5.41) is 9.76. The second-order valence-electron chi connectivity index (χ2n) is 4.03. The Morgan fingerprint density at radius 3 is 2.59 bits per heavy atom. The normalized spacial score (nSPS) is 12.5. The summed E-state index contributed by atoms with van der Waals surface area (Å²) in [6.45, 7) is 4.06. The lowest BCUT2D eigenvalue weighted by atomic mass is 10.0. The van der Waals surface area contributed by atoms with Crippen molar-refractivity contribution in [2.45, 2.75) is 26.4 Å². The van der Waals surface area contributed by atoms with Gasteiger partial charge in [-0.2, -0.15) is 0 Å². The van der Waals surface area contributed by atoms with Crippen molar-refractivity contribution in [3.8, 4) is 11.5 Å². The van der Waals surface area contributed by atoms with Gasteiger partial charge >= 0.3 is 0 Å². The van der Waals surface area contributed by atoms with Crippen molar-refractivity contribution in [3.05, 3.63) is 23.3 Å². The van der Waals surface area contributed by atoms with Gasteiger partial charge < -0.3 is 19.3 Å². The summed E-state index contributed by atoms with van der Waals surface area (Å²) in [7, 11) is 3.18. The van der Waals surface area contributed by atoms with Crippen molar-refractivity contribution in [1.82, 2.24) is 0 Å². The number of aromatic hydroxyl groups is 1. The van der Waals surface area contributed by atoms with Gasteiger partial charge in [-0.3, -0.25) is 0 Å². The lowest BCUT2D eigenvalue weighted by Gasteiger charge is -2.14. The topological polar surface area (TPSA) is 47.9 Å². The molecule has 17 heavy (non-hydrogen) atoms. The zero-order valence-electron chi connectivity index (χ0n) is 10.8. The Balaban J connectivity index is 2.74. The molecule has 0 heterocycles. The van der Waals surface area contributed by atoms with Crippen LogP contribution in [0.4, 0.5) is 0 Å². The third kappa shape index (κ3) is 3.91. The molecule has 0 radical (unpaired) electrons. The average Bonchev–Trinajstić information content (AvgIpc) is 2.31. The SMILES string of the molecule is COCOC(C)Cc1cc(O)c(C)c(OC)c1. The largest absolute Gasteiger partial charge is 0.508 e. The lowest BCUT2D eigenvalue weighted by molar-refractivity contribution is -0.0646. The summed E-state index contributed by atoms with van der Waals surface area (Å²) in [6, 6.07) is 3.66. The fourth-order valence-corrected chi connectivity index (χ4v) is 1.63. The predicted molar refractivity (Wildman–Crippen MR) is 65.5 cm³/mol. The molecule has 1 aromatic carbocycles. The van der Waals surface area contributed by atoms with Crippen LogP contribution in [0.3, 0.4) is 0 Å². The number of phenolic OH excluding ortho intramolecular Hbond substituents is 1. The third-order valence-electron chi connectivity index (χ3n) is 2.61. The van der Waals surface area contributed by atoms with Gasteiger partial charge in [0.2, 0.25) is 0 Å². The molecule has 0 aromatic heterocycles. The Kier molecular flexibility index (Phi) is 5.25. The zero-order chi connectivity index (χ0) is 12.8. The first-order valence-corrected chi connectivity index (χ1v) is 5.55. The molecule has 4 nitrogen and oxygen atoms in total. The molecule has 0 saturated heterocycles. The van der Waals surface area contributed by atoms with E-state index in [4.69, 9.17) is 14.2 Å². The van der Waals surface area contributed by atoms with Crippen molar-refractivity contribution in [2.24, 2.45) is 0 Å². The van der Waals surface area contributed by atoms with Crippen LogP contribution in [0.2, 0.25) is 0 Å². The van der Waals surface area contributed by atoms with E-state index in [1.165, 1.54) is 0 Å². The maximum atomic E-state index is 9.76. The molecule has 0 aliphatic carbocycles. The molecule has 1 unspecified atom stereocenters. The molecule has 0 saturated carbocycles. The molecule has 1 aromatic rings. The number of hydrogen-bond acceptors (Lipinski definition) is 4. The molecule has 0 fully saturated rings. The highest BCUT2D eigenvalue weighted by molar-refractivity contribution is 5.46. The number of ether oxygens (including phenoxy) is 3. The fourth-order valence-electron chi connectivity index (χ4n) is 1.63. The number of methoxy groups -OCH3 is 2. The van der Waals surface area contributed by atoms with Gasteiger partial charge in [-0.1, -0.05) is 0 Å². The van der Waals surface area contributed by atoms with Gasteiger partial charge in [0, 0.05) is 12.7 Å². The molecular formula is C13H20O4. The number of benzene rings is 1. The monoisotopic (exact) mass is 240 g/mol. The minimum atomic E-state index is 0.0294. The fraction of sp³-hybridized carbons (Fsp3) is 0.538. The van der Waals surface area contributed by atoms with E-state index in [2.05, 4.69) is 0 Å². The molecule has 0 aliphatic heterocycles. The van der Waals surface area contributed by atoms with Gasteiger partial charge in [-0.25, -0.2) is 0 Å². The molecule has 1 atom stereocenters. The van der Waals surface area contributed by atoms with Crippen molar-refractivity contribution in [3.63, 3.8) is 0 Å². The van der Waals surface area contributed by atoms with Gasteiger partial charge in [0.25, 0.3) is 0 Å². The molecule has 1 N–H and O–H groups in total.